The van der Waals surface area contributed by atoms with E-state index in [0.717, 1.165) is 0 Å². The molecule has 5 N–H and O–H groups in total. The molecule has 0 spiro atoms. The van der Waals surface area contributed by atoms with Gasteiger partial charge in [0.15, 0.2) is 6.29 Å². The van der Waals surface area contributed by atoms with Gasteiger partial charge in [0.2, 0.25) is 11.8 Å². The molecule has 0 saturated carbocycles. The van der Waals surface area contributed by atoms with Crippen LogP contribution in [-0.2, 0) is 9.59 Å². The summed E-state index contributed by atoms with van der Waals surface area (Å²) in [4.78, 5) is 46.8. The van der Waals surface area contributed by atoms with Crippen LogP contribution in [0.15, 0.2) is 18.2 Å². The highest BCUT2D eigenvalue weighted by atomic mass is 16.2. The highest BCUT2D eigenvalue weighted by Crippen LogP contribution is 2.20. The second-order valence-electron chi connectivity index (χ2n) is 5.43. The largest absolute Gasteiger partial charge is 0.384 e. The summed E-state index contributed by atoms with van der Waals surface area (Å²) in [7, 11) is 0. The zero-order valence-electron chi connectivity index (χ0n) is 13.1. The molecule has 1 saturated heterocycles. The molecule has 1 atom stereocenters. The summed E-state index contributed by atoms with van der Waals surface area (Å²) in [5.41, 5.74) is 6.34. The molecule has 1 fully saturated rings. The van der Waals surface area contributed by atoms with Crippen LogP contribution in [-0.4, -0.2) is 43.1 Å². The molecule has 128 valence electrons. The van der Waals surface area contributed by atoms with Crippen molar-refractivity contribution in [2.45, 2.75) is 25.3 Å². The molecule has 1 aromatic rings. The van der Waals surface area contributed by atoms with Gasteiger partial charge in [-0.3, -0.25) is 24.5 Å². The van der Waals surface area contributed by atoms with Gasteiger partial charge in [0.25, 0.3) is 5.91 Å². The summed E-state index contributed by atoms with van der Waals surface area (Å²) in [6, 6.07) is 4.08. The van der Waals surface area contributed by atoms with Crippen LogP contribution in [0.3, 0.4) is 0 Å². The highest BCUT2D eigenvalue weighted by molar-refractivity contribution is 6.09. The van der Waals surface area contributed by atoms with Crippen molar-refractivity contribution in [3.05, 3.63) is 29.3 Å². The Balaban J connectivity index is 2.19. The number of aldehydes is 1. The lowest BCUT2D eigenvalue weighted by molar-refractivity contribution is -0.134. The molecular weight excluding hydrogens is 312 g/mol. The van der Waals surface area contributed by atoms with E-state index in [0.29, 0.717) is 31.5 Å². The van der Waals surface area contributed by atoms with Gasteiger partial charge in [-0.25, -0.2) is 0 Å². The number of piperidine rings is 1. The van der Waals surface area contributed by atoms with Crippen molar-refractivity contribution in [2.24, 2.45) is 5.73 Å². The van der Waals surface area contributed by atoms with Crippen LogP contribution in [0.25, 0.3) is 0 Å². The average molecular weight is 332 g/mol. The first kappa shape index (κ1) is 17.6. The van der Waals surface area contributed by atoms with Crippen molar-refractivity contribution in [3.63, 3.8) is 0 Å². The van der Waals surface area contributed by atoms with E-state index < -0.39 is 17.9 Å². The van der Waals surface area contributed by atoms with Gasteiger partial charge in [-0.15, -0.1) is 0 Å². The molecule has 1 heterocycles. The standard InChI is InChI=1S/C16H20N4O4/c17-7-2-8-18-11-4-1-3-10(9-21)14(11)16(24)19-12-5-6-13(22)20-15(12)23/h1,3-4,9,12,18H,2,5-8,17H2,(H,19,24)(H,20,22,23). The summed E-state index contributed by atoms with van der Waals surface area (Å²) in [5.74, 6) is -1.44. The third kappa shape index (κ3) is 4.17. The predicted molar refractivity (Wildman–Crippen MR) is 87.6 cm³/mol. The van der Waals surface area contributed by atoms with E-state index in [2.05, 4.69) is 16.0 Å². The van der Waals surface area contributed by atoms with Gasteiger partial charge in [0.05, 0.1) is 5.56 Å². The van der Waals surface area contributed by atoms with E-state index in [4.69, 9.17) is 5.73 Å². The van der Waals surface area contributed by atoms with Gasteiger partial charge >= 0.3 is 0 Å². The summed E-state index contributed by atoms with van der Waals surface area (Å²) >= 11 is 0. The second-order valence-corrected chi connectivity index (χ2v) is 5.43. The molecule has 3 amide bonds. The molecule has 0 aromatic heterocycles. The van der Waals surface area contributed by atoms with Crippen LogP contribution in [0.1, 0.15) is 40.0 Å². The lowest BCUT2D eigenvalue weighted by Crippen LogP contribution is -2.52. The molecule has 1 unspecified atom stereocenters. The minimum Gasteiger partial charge on any atom is -0.384 e. The highest BCUT2D eigenvalue weighted by Gasteiger charge is 2.29. The molecular formula is C16H20N4O4. The monoisotopic (exact) mass is 332 g/mol. The maximum atomic E-state index is 12.6. The van der Waals surface area contributed by atoms with E-state index in [1.165, 1.54) is 6.07 Å². The number of benzene rings is 1. The second kappa shape index (κ2) is 8.21. The predicted octanol–water partition coefficient (Wildman–Crippen LogP) is -0.205. The Kier molecular flexibility index (Phi) is 6.02. The minimum atomic E-state index is -0.799. The Bertz CT molecular complexity index is 659. The summed E-state index contributed by atoms with van der Waals surface area (Å²) in [6.07, 6.45) is 1.69. The van der Waals surface area contributed by atoms with Gasteiger partial charge in [0, 0.05) is 24.2 Å². The fraction of sp³-hybridized carbons (Fsp3) is 0.375. The van der Waals surface area contributed by atoms with Crippen molar-refractivity contribution in [2.75, 3.05) is 18.4 Å². The number of carbonyl (C=O) groups is 4. The maximum Gasteiger partial charge on any atom is 0.254 e. The first-order chi connectivity index (χ1) is 11.6. The zero-order chi connectivity index (χ0) is 17.5. The molecule has 2 rings (SSSR count). The molecule has 0 bridgehead atoms. The number of rotatable bonds is 7. The van der Waals surface area contributed by atoms with E-state index in [9.17, 15) is 19.2 Å². The van der Waals surface area contributed by atoms with Crippen molar-refractivity contribution >= 4 is 29.7 Å². The third-order valence-electron chi connectivity index (χ3n) is 3.69. The van der Waals surface area contributed by atoms with E-state index in [1.54, 1.807) is 12.1 Å². The Hall–Kier alpha value is -2.74. The molecule has 24 heavy (non-hydrogen) atoms. The van der Waals surface area contributed by atoms with Crippen LogP contribution in [0.4, 0.5) is 5.69 Å². The fourth-order valence-electron chi connectivity index (χ4n) is 2.46. The van der Waals surface area contributed by atoms with Crippen LogP contribution in [0, 0.1) is 0 Å². The van der Waals surface area contributed by atoms with E-state index >= 15 is 0 Å². The Morgan fingerprint density at radius 1 is 1.38 bits per heavy atom. The van der Waals surface area contributed by atoms with Gasteiger partial charge in [0.1, 0.15) is 6.04 Å². The Morgan fingerprint density at radius 2 is 2.17 bits per heavy atom. The first-order valence-electron chi connectivity index (χ1n) is 7.73. The molecule has 8 nitrogen and oxygen atoms in total. The number of nitrogens with two attached hydrogens (primary N) is 1. The van der Waals surface area contributed by atoms with E-state index in [1.807, 2.05) is 0 Å². The van der Waals surface area contributed by atoms with Crippen molar-refractivity contribution in [1.82, 2.24) is 10.6 Å². The minimum absolute atomic E-state index is 0.160. The summed E-state index contributed by atoms with van der Waals surface area (Å²) in [5, 5.41) is 7.83. The SMILES string of the molecule is NCCCNc1cccc(C=O)c1C(=O)NC1CCC(=O)NC1=O. The number of carbonyl (C=O) groups excluding carboxylic acids is 4. The topological polar surface area (TPSA) is 130 Å². The zero-order valence-corrected chi connectivity index (χ0v) is 13.1. The molecule has 8 heteroatoms. The van der Waals surface area contributed by atoms with Crippen LogP contribution < -0.4 is 21.7 Å². The van der Waals surface area contributed by atoms with Gasteiger partial charge in [-0.1, -0.05) is 12.1 Å². The van der Waals surface area contributed by atoms with Crippen LogP contribution >= 0.6 is 0 Å². The van der Waals surface area contributed by atoms with Crippen molar-refractivity contribution < 1.29 is 19.2 Å². The number of hydrogen-bond acceptors (Lipinski definition) is 6. The molecule has 0 radical (unpaired) electrons. The van der Waals surface area contributed by atoms with Crippen molar-refractivity contribution in [1.29, 1.82) is 0 Å². The normalized spacial score (nSPS) is 17.1. The Labute approximate surface area is 139 Å². The molecule has 1 aliphatic rings. The summed E-state index contributed by atoms with van der Waals surface area (Å²) in [6.45, 7) is 1.05. The van der Waals surface area contributed by atoms with E-state index in [-0.39, 0.29) is 29.9 Å². The molecule has 1 aromatic carbocycles. The first-order valence-corrected chi connectivity index (χ1v) is 7.73. The van der Waals surface area contributed by atoms with Crippen molar-refractivity contribution in [3.8, 4) is 0 Å². The lowest BCUT2D eigenvalue weighted by atomic mass is 10.0. The quantitative estimate of drug-likeness (QED) is 0.311. The summed E-state index contributed by atoms with van der Waals surface area (Å²) < 4.78 is 0. The number of imide groups is 1. The smallest absolute Gasteiger partial charge is 0.254 e. The number of hydrogen-bond donors (Lipinski definition) is 4. The fourth-order valence-corrected chi connectivity index (χ4v) is 2.46. The molecule has 0 aliphatic carbocycles. The van der Waals surface area contributed by atoms with Gasteiger partial charge in [-0.05, 0) is 25.5 Å². The molecule has 1 aliphatic heterocycles. The average Bonchev–Trinajstić information content (AvgIpc) is 2.57. The lowest BCUT2D eigenvalue weighted by Gasteiger charge is -2.23. The number of anilines is 1. The van der Waals surface area contributed by atoms with Gasteiger partial charge in [-0.2, -0.15) is 0 Å². The Morgan fingerprint density at radius 3 is 2.83 bits per heavy atom. The number of nitrogens with one attached hydrogen (secondary N) is 3. The van der Waals surface area contributed by atoms with Crippen LogP contribution in [0.5, 0.6) is 0 Å². The van der Waals surface area contributed by atoms with Gasteiger partial charge < -0.3 is 16.4 Å². The third-order valence-corrected chi connectivity index (χ3v) is 3.69. The number of amides is 3. The maximum absolute atomic E-state index is 12.6. The van der Waals surface area contributed by atoms with Crippen LogP contribution in [0.2, 0.25) is 0 Å².